The van der Waals surface area contributed by atoms with E-state index in [1.807, 2.05) is 36.4 Å². The van der Waals surface area contributed by atoms with Crippen LogP contribution in [-0.2, 0) is 10.5 Å². The van der Waals surface area contributed by atoms with Gasteiger partial charge in [-0.15, -0.1) is 0 Å². The maximum atomic E-state index is 13.4. The first-order chi connectivity index (χ1) is 16.3. The first kappa shape index (κ1) is 22.4. The Balaban J connectivity index is 1.60. The maximum Gasteiger partial charge on any atom is 0.257 e. The molecule has 0 fully saturated rings. The van der Waals surface area contributed by atoms with Crippen LogP contribution in [-0.4, -0.2) is 27.8 Å². The van der Waals surface area contributed by atoms with E-state index >= 15 is 0 Å². The van der Waals surface area contributed by atoms with Crippen LogP contribution >= 0.6 is 11.8 Å². The number of nitrogens with zero attached hydrogens (tertiary/aromatic N) is 2. The Kier molecular flexibility index (Phi) is 5.77. The number of hydrogen-bond acceptors (Lipinski definition) is 7. The first-order valence-corrected chi connectivity index (χ1v) is 12.2. The van der Waals surface area contributed by atoms with Gasteiger partial charge in [0.15, 0.2) is 10.9 Å². The van der Waals surface area contributed by atoms with E-state index in [0.717, 1.165) is 16.8 Å². The number of Topliss-reactive ketones (excluding diaryl/α,β-unsaturated/α-hetero) is 1. The van der Waals surface area contributed by atoms with Gasteiger partial charge in [0.05, 0.1) is 12.7 Å². The minimum absolute atomic E-state index is 0.0627. The summed E-state index contributed by atoms with van der Waals surface area (Å²) in [5.41, 5.74) is 3.49. The number of carbonyl (C=O) groups excluding carboxylic acids is 1. The van der Waals surface area contributed by atoms with Gasteiger partial charge < -0.3 is 15.0 Å². The fourth-order valence-corrected chi connectivity index (χ4v) is 5.56. The van der Waals surface area contributed by atoms with Crippen LogP contribution in [0.2, 0.25) is 0 Å². The largest absolute Gasteiger partial charge is 0.497 e. The molecule has 8 heteroatoms. The lowest BCUT2D eigenvalue weighted by Gasteiger charge is -2.38. The third-order valence-electron chi connectivity index (χ3n) is 6.25. The summed E-state index contributed by atoms with van der Waals surface area (Å²) in [4.78, 5) is 38.5. The normalized spacial score (nSPS) is 18.7. The van der Waals surface area contributed by atoms with Crippen molar-refractivity contribution in [1.82, 2.24) is 15.0 Å². The number of anilines is 1. The van der Waals surface area contributed by atoms with Crippen LogP contribution in [0.3, 0.4) is 0 Å². The minimum atomic E-state index is -0.500. The number of allylic oxidation sites excluding steroid dienone is 2. The number of fused-ring (bicyclic) bond motifs is 1. The van der Waals surface area contributed by atoms with E-state index in [9.17, 15) is 9.59 Å². The van der Waals surface area contributed by atoms with Crippen molar-refractivity contribution in [2.24, 2.45) is 5.41 Å². The van der Waals surface area contributed by atoms with Crippen molar-refractivity contribution < 1.29 is 9.53 Å². The van der Waals surface area contributed by atoms with Crippen molar-refractivity contribution in [2.45, 2.75) is 43.5 Å². The summed E-state index contributed by atoms with van der Waals surface area (Å²) >= 11 is 1.46. The van der Waals surface area contributed by atoms with Crippen LogP contribution in [0, 0.1) is 5.41 Å². The van der Waals surface area contributed by atoms with Crippen LogP contribution in [0.4, 0.5) is 5.82 Å². The summed E-state index contributed by atoms with van der Waals surface area (Å²) in [7, 11) is 1.61. The van der Waals surface area contributed by atoms with Gasteiger partial charge in [0, 0.05) is 41.8 Å². The van der Waals surface area contributed by atoms with Crippen molar-refractivity contribution in [3.8, 4) is 5.75 Å². The lowest BCUT2D eigenvalue weighted by molar-refractivity contribution is -0.118. The van der Waals surface area contributed by atoms with Gasteiger partial charge in [0.2, 0.25) is 0 Å². The molecule has 0 amide bonds. The quantitative estimate of drug-likeness (QED) is 0.410. The van der Waals surface area contributed by atoms with E-state index in [0.29, 0.717) is 46.5 Å². The summed E-state index contributed by atoms with van der Waals surface area (Å²) in [5, 5.41) is 3.90. The molecule has 1 aliphatic heterocycles. The average molecular weight is 475 g/mol. The number of ketones is 1. The predicted octanol–water partition coefficient (Wildman–Crippen LogP) is 4.67. The molecule has 0 saturated heterocycles. The summed E-state index contributed by atoms with van der Waals surface area (Å²) in [6, 6.07) is 11.4. The van der Waals surface area contributed by atoms with Gasteiger partial charge in [-0.2, -0.15) is 0 Å². The molecule has 0 spiro atoms. The van der Waals surface area contributed by atoms with Crippen LogP contribution < -0.4 is 15.6 Å². The number of aromatic nitrogens is 3. The Bertz CT molecular complexity index is 1350. The monoisotopic (exact) mass is 474 g/mol. The lowest BCUT2D eigenvalue weighted by Crippen LogP contribution is -2.37. The van der Waals surface area contributed by atoms with Gasteiger partial charge in [-0.05, 0) is 47.2 Å². The lowest BCUT2D eigenvalue weighted by atomic mass is 9.69. The number of nitrogens with one attached hydrogen (secondary N) is 2. The van der Waals surface area contributed by atoms with Crippen molar-refractivity contribution in [3.63, 3.8) is 0 Å². The zero-order chi connectivity index (χ0) is 23.9. The molecule has 3 heterocycles. The molecule has 2 aromatic heterocycles. The summed E-state index contributed by atoms with van der Waals surface area (Å²) in [6.07, 6.45) is 4.64. The smallest absolute Gasteiger partial charge is 0.257 e. The maximum absolute atomic E-state index is 13.4. The second kappa shape index (κ2) is 8.76. The van der Waals surface area contributed by atoms with E-state index in [1.165, 1.54) is 11.8 Å². The number of H-pyrrole nitrogens is 1. The molecule has 174 valence electrons. The van der Waals surface area contributed by atoms with Gasteiger partial charge in [-0.25, -0.2) is 4.98 Å². The molecule has 1 atom stereocenters. The average Bonchev–Trinajstić information content (AvgIpc) is 2.81. The van der Waals surface area contributed by atoms with Gasteiger partial charge in [-0.3, -0.25) is 14.6 Å². The highest BCUT2D eigenvalue weighted by Gasteiger charge is 2.42. The summed E-state index contributed by atoms with van der Waals surface area (Å²) in [5.74, 6) is 1.41. The fourth-order valence-electron chi connectivity index (χ4n) is 4.75. The molecule has 3 aromatic rings. The molecule has 0 unspecified atom stereocenters. The fraction of sp³-hybridized carbons (Fsp3) is 0.308. The Morgan fingerprint density at radius 1 is 1.15 bits per heavy atom. The molecular formula is C26H26N4O3S. The van der Waals surface area contributed by atoms with Crippen molar-refractivity contribution >= 4 is 23.4 Å². The second-order valence-electron chi connectivity index (χ2n) is 9.45. The second-order valence-corrected chi connectivity index (χ2v) is 10.4. The Labute approximate surface area is 202 Å². The predicted molar refractivity (Wildman–Crippen MR) is 132 cm³/mol. The molecular weight excluding hydrogens is 448 g/mol. The first-order valence-electron chi connectivity index (χ1n) is 11.2. The van der Waals surface area contributed by atoms with E-state index < -0.39 is 5.92 Å². The van der Waals surface area contributed by atoms with Gasteiger partial charge >= 0.3 is 0 Å². The van der Waals surface area contributed by atoms with Crippen molar-refractivity contribution in [1.29, 1.82) is 0 Å². The van der Waals surface area contributed by atoms with Crippen LogP contribution in [0.1, 0.15) is 49.3 Å². The van der Waals surface area contributed by atoms with Crippen LogP contribution in [0.15, 0.2) is 70.0 Å². The number of thioether (sulfide) groups is 1. The van der Waals surface area contributed by atoms with E-state index in [2.05, 4.69) is 29.1 Å². The Morgan fingerprint density at radius 2 is 1.94 bits per heavy atom. The Hall–Kier alpha value is -3.39. The molecule has 34 heavy (non-hydrogen) atoms. The van der Waals surface area contributed by atoms with Gasteiger partial charge in [0.1, 0.15) is 11.6 Å². The molecule has 0 bridgehead atoms. The van der Waals surface area contributed by atoms with Crippen molar-refractivity contribution in [2.75, 3.05) is 12.4 Å². The molecule has 7 nitrogen and oxygen atoms in total. The highest BCUT2D eigenvalue weighted by Crippen LogP contribution is 2.48. The third kappa shape index (κ3) is 4.25. The van der Waals surface area contributed by atoms with E-state index in [-0.39, 0.29) is 16.8 Å². The number of benzene rings is 1. The number of methoxy groups -OCH3 is 1. The molecule has 1 aromatic carbocycles. The van der Waals surface area contributed by atoms with Crippen LogP contribution in [0.25, 0.3) is 0 Å². The molecule has 0 radical (unpaired) electrons. The molecule has 0 saturated carbocycles. The van der Waals surface area contributed by atoms with Gasteiger partial charge in [0.25, 0.3) is 5.56 Å². The summed E-state index contributed by atoms with van der Waals surface area (Å²) in [6.45, 7) is 4.18. The summed E-state index contributed by atoms with van der Waals surface area (Å²) < 4.78 is 5.43. The highest BCUT2D eigenvalue weighted by atomic mass is 32.2. The number of rotatable bonds is 5. The van der Waals surface area contributed by atoms with Gasteiger partial charge in [-0.1, -0.05) is 37.7 Å². The SMILES string of the molecule is COc1cccc([C@H]2C3=C(CC(C)(C)CC3=O)Nc3nc(SCc4ccncc4)[nH]c(=O)c32)c1. The van der Waals surface area contributed by atoms with Crippen molar-refractivity contribution in [3.05, 3.63) is 87.1 Å². The molecule has 2 N–H and O–H groups in total. The van der Waals surface area contributed by atoms with E-state index in [1.54, 1.807) is 19.5 Å². The number of ether oxygens (including phenoxy) is 1. The van der Waals surface area contributed by atoms with E-state index in [4.69, 9.17) is 9.72 Å². The molecule has 5 rings (SSSR count). The standard InChI is InChI=1S/C26H26N4O3S/c1-26(2)12-18-21(19(31)13-26)20(16-5-4-6-17(11-16)33-3)22-23(28-18)29-25(30-24(22)32)34-14-15-7-9-27-10-8-15/h4-11,20H,12-14H2,1-3H3,(H2,28,29,30,32)/t20-/m0/s1. The zero-order valence-electron chi connectivity index (χ0n) is 19.3. The number of hydrogen-bond donors (Lipinski definition) is 2. The number of pyridine rings is 1. The third-order valence-corrected chi connectivity index (χ3v) is 7.20. The number of carbonyl (C=O) groups is 1. The minimum Gasteiger partial charge on any atom is -0.497 e. The molecule has 2 aliphatic rings. The Morgan fingerprint density at radius 3 is 2.71 bits per heavy atom. The molecule has 1 aliphatic carbocycles. The van der Waals surface area contributed by atoms with Crippen LogP contribution in [0.5, 0.6) is 5.75 Å². The highest BCUT2D eigenvalue weighted by molar-refractivity contribution is 7.98. The number of aromatic amines is 1. The topological polar surface area (TPSA) is 97.0 Å². The zero-order valence-corrected chi connectivity index (χ0v) is 20.2.